The van der Waals surface area contributed by atoms with Crippen LogP contribution in [0.5, 0.6) is 5.06 Å². The van der Waals surface area contributed by atoms with Crippen LogP contribution in [-0.4, -0.2) is 25.6 Å². The van der Waals surface area contributed by atoms with E-state index in [4.69, 9.17) is 0 Å². The summed E-state index contributed by atoms with van der Waals surface area (Å²) in [6.45, 7) is 1.92. The van der Waals surface area contributed by atoms with E-state index in [-0.39, 0.29) is 16.7 Å². The Labute approximate surface area is 157 Å². The number of nitrogens with one attached hydrogen (secondary N) is 2. The van der Waals surface area contributed by atoms with Gasteiger partial charge in [-0.15, -0.1) is 0 Å². The lowest BCUT2D eigenvalue weighted by Crippen LogP contribution is -2.25. The number of para-hydroxylation sites is 2. The van der Waals surface area contributed by atoms with E-state index < -0.39 is 10.4 Å². The van der Waals surface area contributed by atoms with E-state index in [0.29, 0.717) is 29.2 Å². The van der Waals surface area contributed by atoms with Gasteiger partial charge in [-0.1, -0.05) is 12.1 Å². The summed E-state index contributed by atoms with van der Waals surface area (Å²) >= 11 is 0.586. The second-order valence-electron chi connectivity index (χ2n) is 6.34. The lowest BCUT2D eigenvalue weighted by atomic mass is 9.99. The first kappa shape index (κ1) is 17.2. The number of fused-ring (bicyclic) bond motifs is 1. The molecule has 0 amide bonds. The second kappa shape index (κ2) is 6.51. The molecule has 27 heavy (non-hydrogen) atoms. The predicted octanol–water partition coefficient (Wildman–Crippen LogP) is 2.22. The molecule has 0 bridgehead atoms. The maximum absolute atomic E-state index is 12.4. The van der Waals surface area contributed by atoms with Gasteiger partial charge in [-0.3, -0.25) is 24.2 Å². The molecule has 1 aliphatic heterocycles. The Kier molecular flexibility index (Phi) is 4.15. The molecule has 1 aromatic carbocycles. The van der Waals surface area contributed by atoms with E-state index in [0.717, 1.165) is 16.9 Å². The first-order valence-electron chi connectivity index (χ1n) is 8.32. The van der Waals surface area contributed by atoms with Gasteiger partial charge in [0.15, 0.2) is 5.06 Å². The van der Waals surface area contributed by atoms with Gasteiger partial charge >= 0.3 is 4.87 Å². The van der Waals surface area contributed by atoms with E-state index in [2.05, 4.69) is 20.4 Å². The average molecular weight is 383 g/mol. The molecule has 1 aliphatic rings. The highest BCUT2D eigenvalue weighted by Crippen LogP contribution is 2.36. The molecular formula is C18H17N5O3S. The molecule has 8 nitrogen and oxygen atoms in total. The van der Waals surface area contributed by atoms with Crippen molar-refractivity contribution < 1.29 is 5.11 Å². The third-order valence-corrected chi connectivity index (χ3v) is 5.13. The van der Waals surface area contributed by atoms with Crippen LogP contribution in [0, 0.1) is 6.92 Å². The molecule has 0 unspecified atom stereocenters. The summed E-state index contributed by atoms with van der Waals surface area (Å²) in [5.74, 6) is 0. The largest absolute Gasteiger partial charge is 0.499 e. The van der Waals surface area contributed by atoms with E-state index >= 15 is 0 Å². The number of aryl methyl sites for hydroxylation is 2. The fourth-order valence-corrected chi connectivity index (χ4v) is 3.93. The Morgan fingerprint density at radius 2 is 2.07 bits per heavy atom. The van der Waals surface area contributed by atoms with Crippen LogP contribution in [0.15, 0.2) is 45.0 Å². The highest BCUT2D eigenvalue weighted by molar-refractivity contribution is 7.11. The zero-order valence-electron chi connectivity index (χ0n) is 14.7. The van der Waals surface area contributed by atoms with E-state index in [1.165, 1.54) is 0 Å². The predicted molar refractivity (Wildman–Crippen MR) is 104 cm³/mol. The maximum atomic E-state index is 12.4. The van der Waals surface area contributed by atoms with Crippen LogP contribution in [-0.2, 0) is 7.05 Å². The molecule has 3 heterocycles. The molecule has 138 valence electrons. The summed E-state index contributed by atoms with van der Waals surface area (Å²) < 4.78 is 1.73. The Morgan fingerprint density at radius 1 is 1.30 bits per heavy atom. The zero-order valence-corrected chi connectivity index (χ0v) is 15.5. The van der Waals surface area contributed by atoms with Crippen molar-refractivity contribution in [1.29, 1.82) is 0 Å². The van der Waals surface area contributed by atoms with Gasteiger partial charge in [-0.05, 0) is 30.4 Å². The average Bonchev–Trinajstić information content (AvgIpc) is 2.82. The number of rotatable bonds is 2. The summed E-state index contributed by atoms with van der Waals surface area (Å²) in [5, 5.41) is 17.8. The molecule has 0 fully saturated rings. The minimum Gasteiger partial charge on any atom is -0.499 e. The third kappa shape index (κ3) is 3.17. The fraction of sp³-hybridized carbons (Fsp3) is 0.222. The van der Waals surface area contributed by atoms with Crippen LogP contribution >= 0.6 is 11.3 Å². The van der Waals surface area contributed by atoms with Crippen molar-refractivity contribution in [2.24, 2.45) is 12.0 Å². The summed E-state index contributed by atoms with van der Waals surface area (Å²) in [7, 11) is 1.85. The van der Waals surface area contributed by atoms with Crippen molar-refractivity contribution in [3.05, 3.63) is 67.3 Å². The van der Waals surface area contributed by atoms with Crippen molar-refractivity contribution in [2.45, 2.75) is 19.4 Å². The highest BCUT2D eigenvalue weighted by Gasteiger charge is 2.26. The van der Waals surface area contributed by atoms with Crippen LogP contribution < -0.4 is 15.7 Å². The van der Waals surface area contributed by atoms with Crippen molar-refractivity contribution in [2.75, 3.05) is 5.32 Å². The number of aromatic hydroxyl groups is 1. The molecule has 0 radical (unpaired) electrons. The number of aliphatic imine (C=N–C) groups is 1. The first-order valence-corrected chi connectivity index (χ1v) is 9.14. The first-order chi connectivity index (χ1) is 12.9. The Morgan fingerprint density at radius 3 is 2.78 bits per heavy atom. The SMILES string of the molecule is Cc1nn(C)cc1[C@H]1CC(c2c(O)sc(=O)[nH]c2=O)=Nc2ccccc2N1. The molecule has 2 aromatic heterocycles. The highest BCUT2D eigenvalue weighted by atomic mass is 32.1. The van der Waals surface area contributed by atoms with E-state index in [1.54, 1.807) is 4.68 Å². The molecule has 4 rings (SSSR count). The minimum atomic E-state index is -0.643. The van der Waals surface area contributed by atoms with Gasteiger partial charge in [0.05, 0.1) is 28.8 Å². The van der Waals surface area contributed by atoms with E-state index in [1.807, 2.05) is 44.4 Å². The van der Waals surface area contributed by atoms with Gasteiger partial charge in [-0.2, -0.15) is 5.10 Å². The molecule has 9 heteroatoms. The Bertz CT molecular complexity index is 1170. The Hall–Kier alpha value is -3.20. The van der Waals surface area contributed by atoms with Gasteiger partial charge < -0.3 is 10.4 Å². The van der Waals surface area contributed by atoms with Gasteiger partial charge in [0.1, 0.15) is 5.56 Å². The summed E-state index contributed by atoms with van der Waals surface area (Å²) in [6.07, 6.45) is 2.27. The molecule has 1 atom stereocenters. The van der Waals surface area contributed by atoms with Gasteiger partial charge in [0.2, 0.25) is 0 Å². The lowest BCUT2D eigenvalue weighted by Gasteiger charge is -2.18. The number of hydrogen-bond acceptors (Lipinski definition) is 7. The van der Waals surface area contributed by atoms with Gasteiger partial charge in [0, 0.05) is 25.2 Å². The Balaban J connectivity index is 1.91. The topological polar surface area (TPSA) is 112 Å². The quantitative estimate of drug-likeness (QED) is 0.628. The van der Waals surface area contributed by atoms with Crippen molar-refractivity contribution in [1.82, 2.24) is 14.8 Å². The molecule has 3 N–H and O–H groups in total. The molecule has 0 aliphatic carbocycles. The standard InChI is InChI=1S/C18H17N5O3S/c1-9-10(8-23(2)22-9)13-7-14(15-16(24)21-18(26)27-17(15)25)20-12-6-4-3-5-11(12)19-13/h3-6,8,13,19,25H,7H2,1-2H3,(H,21,24,26)/t13-/m1/s1. The molecule has 0 saturated heterocycles. The van der Waals surface area contributed by atoms with Crippen LogP contribution in [0.1, 0.15) is 29.3 Å². The molecular weight excluding hydrogens is 366 g/mol. The summed E-state index contributed by atoms with van der Waals surface area (Å²) in [4.78, 5) is 30.1. The normalized spacial score (nSPS) is 16.2. The second-order valence-corrected chi connectivity index (χ2v) is 7.31. The minimum absolute atomic E-state index is 0.0321. The lowest BCUT2D eigenvalue weighted by molar-refractivity contribution is 0.487. The van der Waals surface area contributed by atoms with Gasteiger partial charge in [0.25, 0.3) is 5.56 Å². The number of nitrogens with zero attached hydrogens (tertiary/aromatic N) is 3. The van der Waals surface area contributed by atoms with Crippen LogP contribution in [0.25, 0.3) is 0 Å². The maximum Gasteiger partial charge on any atom is 0.310 e. The van der Waals surface area contributed by atoms with Crippen molar-refractivity contribution in [3.8, 4) is 5.06 Å². The molecule has 0 spiro atoms. The number of hydrogen-bond donors (Lipinski definition) is 3. The van der Waals surface area contributed by atoms with E-state index in [9.17, 15) is 14.7 Å². The number of benzene rings is 1. The fourth-order valence-electron chi connectivity index (χ4n) is 3.29. The number of H-pyrrole nitrogens is 1. The number of aromatic amines is 1. The zero-order chi connectivity index (χ0) is 19.1. The number of anilines is 1. The van der Waals surface area contributed by atoms with Crippen LogP contribution in [0.4, 0.5) is 11.4 Å². The monoisotopic (exact) mass is 383 g/mol. The van der Waals surface area contributed by atoms with Crippen LogP contribution in [0.3, 0.4) is 0 Å². The molecule has 0 saturated carbocycles. The number of aromatic nitrogens is 3. The third-order valence-electron chi connectivity index (χ3n) is 4.45. The summed E-state index contributed by atoms with van der Waals surface area (Å²) in [6, 6.07) is 7.30. The molecule has 3 aromatic rings. The van der Waals surface area contributed by atoms with Crippen molar-refractivity contribution in [3.63, 3.8) is 0 Å². The summed E-state index contributed by atoms with van der Waals surface area (Å²) in [5.41, 5.74) is 3.12. The van der Waals surface area contributed by atoms with Gasteiger partial charge in [-0.25, -0.2) is 0 Å². The van der Waals surface area contributed by atoms with Crippen LogP contribution in [0.2, 0.25) is 0 Å². The van der Waals surface area contributed by atoms with Crippen molar-refractivity contribution >= 4 is 28.4 Å². The smallest absolute Gasteiger partial charge is 0.310 e.